The van der Waals surface area contributed by atoms with Crippen molar-refractivity contribution in [2.45, 2.75) is 38.6 Å². The number of amides is 1. The molecule has 0 saturated carbocycles. The molecule has 1 aliphatic heterocycles. The number of carbonyl (C=O) groups excluding carboxylic acids is 1. The van der Waals surface area contributed by atoms with Crippen molar-refractivity contribution in [3.05, 3.63) is 24.0 Å². The van der Waals surface area contributed by atoms with Crippen LogP contribution in [-0.2, 0) is 14.3 Å². The van der Waals surface area contributed by atoms with Crippen molar-refractivity contribution >= 4 is 5.91 Å². The second kappa shape index (κ2) is 6.44. The van der Waals surface area contributed by atoms with Gasteiger partial charge in [0.25, 0.3) is 0 Å². The number of rotatable bonds is 5. The van der Waals surface area contributed by atoms with Gasteiger partial charge in [-0.25, -0.2) is 0 Å². The molecule has 0 unspecified atom stereocenters. The van der Waals surface area contributed by atoms with Gasteiger partial charge in [-0.2, -0.15) is 0 Å². The van der Waals surface area contributed by atoms with Gasteiger partial charge in [0.1, 0.15) is 11.2 Å². The molecule has 0 bridgehead atoms. The molecule has 0 N–H and O–H groups in total. The first-order chi connectivity index (χ1) is 9.69. The highest BCUT2D eigenvalue weighted by molar-refractivity contribution is 5.88. The van der Waals surface area contributed by atoms with Gasteiger partial charge in [-0.3, -0.25) is 4.79 Å². The zero-order valence-corrected chi connectivity index (χ0v) is 12.7. The van der Waals surface area contributed by atoms with Crippen molar-refractivity contribution in [1.29, 1.82) is 0 Å². The third kappa shape index (κ3) is 2.49. The molecule has 2 atom stereocenters. The largest absolute Gasteiger partial charge is 0.500 e. The summed E-state index contributed by atoms with van der Waals surface area (Å²) in [5.41, 5.74) is -0.622. The Labute approximate surface area is 121 Å². The quantitative estimate of drug-likeness (QED) is 0.726. The zero-order chi connectivity index (χ0) is 14.6. The third-order valence-corrected chi connectivity index (χ3v) is 4.44. The second-order valence-electron chi connectivity index (χ2n) is 5.49. The van der Waals surface area contributed by atoms with Gasteiger partial charge in [-0.05, 0) is 31.8 Å². The van der Waals surface area contributed by atoms with Gasteiger partial charge < -0.3 is 14.4 Å². The van der Waals surface area contributed by atoms with Gasteiger partial charge in [0.15, 0.2) is 0 Å². The van der Waals surface area contributed by atoms with Gasteiger partial charge in [0.05, 0.1) is 19.8 Å². The van der Waals surface area contributed by atoms with Crippen LogP contribution in [0.5, 0.6) is 0 Å². The van der Waals surface area contributed by atoms with E-state index < -0.39 is 5.41 Å². The van der Waals surface area contributed by atoms with Crippen LogP contribution in [0.25, 0.3) is 0 Å². The maximum atomic E-state index is 13.1. The molecule has 1 heterocycles. The summed E-state index contributed by atoms with van der Waals surface area (Å²) < 4.78 is 10.8. The van der Waals surface area contributed by atoms with E-state index in [1.165, 1.54) is 0 Å². The molecule has 20 heavy (non-hydrogen) atoms. The molecule has 2 rings (SSSR count). The molecule has 1 aliphatic carbocycles. The number of methoxy groups -OCH3 is 2. The van der Waals surface area contributed by atoms with Crippen molar-refractivity contribution < 1.29 is 14.3 Å². The maximum absolute atomic E-state index is 13.1. The van der Waals surface area contributed by atoms with Crippen LogP contribution in [0.3, 0.4) is 0 Å². The van der Waals surface area contributed by atoms with E-state index in [4.69, 9.17) is 9.47 Å². The van der Waals surface area contributed by atoms with Crippen molar-refractivity contribution in [2.75, 3.05) is 27.4 Å². The normalized spacial score (nSPS) is 29.4. The van der Waals surface area contributed by atoms with Crippen molar-refractivity contribution in [3.63, 3.8) is 0 Å². The summed E-state index contributed by atoms with van der Waals surface area (Å²) in [5.74, 6) is 0.944. The Morgan fingerprint density at radius 3 is 2.95 bits per heavy atom. The van der Waals surface area contributed by atoms with Gasteiger partial charge >= 0.3 is 0 Å². The Hall–Kier alpha value is -1.29. The van der Waals surface area contributed by atoms with Crippen molar-refractivity contribution in [1.82, 2.24) is 4.90 Å². The summed E-state index contributed by atoms with van der Waals surface area (Å²) in [4.78, 5) is 15.1. The van der Waals surface area contributed by atoms with Crippen LogP contribution in [0.15, 0.2) is 24.0 Å². The lowest BCUT2D eigenvalue weighted by Gasteiger charge is -2.37. The Balaban J connectivity index is 2.26. The molecule has 2 aliphatic rings. The van der Waals surface area contributed by atoms with Crippen LogP contribution in [0.2, 0.25) is 0 Å². The summed E-state index contributed by atoms with van der Waals surface area (Å²) in [5, 5.41) is 0. The summed E-state index contributed by atoms with van der Waals surface area (Å²) in [6.07, 6.45) is 9.73. The number of hydrogen-bond acceptors (Lipinski definition) is 3. The second-order valence-corrected chi connectivity index (χ2v) is 5.49. The zero-order valence-electron chi connectivity index (χ0n) is 12.7. The van der Waals surface area contributed by atoms with E-state index in [0.717, 1.165) is 38.0 Å². The number of nitrogens with zero attached hydrogens (tertiary/aromatic N) is 1. The van der Waals surface area contributed by atoms with Crippen LogP contribution in [-0.4, -0.2) is 44.2 Å². The first kappa shape index (κ1) is 15.1. The Morgan fingerprint density at radius 1 is 1.50 bits per heavy atom. The first-order valence-electron chi connectivity index (χ1n) is 7.42. The van der Waals surface area contributed by atoms with E-state index in [1.807, 2.05) is 24.0 Å². The van der Waals surface area contributed by atoms with Gasteiger partial charge in [0.2, 0.25) is 5.91 Å². The van der Waals surface area contributed by atoms with E-state index in [2.05, 4.69) is 6.08 Å². The van der Waals surface area contributed by atoms with E-state index in [0.29, 0.717) is 6.61 Å². The molecular formula is C16H25NO3. The topological polar surface area (TPSA) is 38.8 Å². The molecule has 0 spiro atoms. The van der Waals surface area contributed by atoms with Crippen LogP contribution in [0.1, 0.15) is 32.6 Å². The van der Waals surface area contributed by atoms with Crippen molar-refractivity contribution in [3.8, 4) is 0 Å². The number of likely N-dealkylation sites (tertiary alicyclic amines) is 1. The standard InChI is InChI=1S/C16H25NO3/c1-4-16(10-6-5-9-14(16)20-3)15(18)17-11-7-8-13(17)12-19-2/h6,9-10,13H,4-5,7-8,11-12H2,1-3H3/t13-,16-/m0/s1. The van der Waals surface area contributed by atoms with E-state index in [1.54, 1.807) is 14.2 Å². The first-order valence-corrected chi connectivity index (χ1v) is 7.42. The average molecular weight is 279 g/mol. The van der Waals surface area contributed by atoms with Crippen LogP contribution in [0, 0.1) is 5.41 Å². The smallest absolute Gasteiger partial charge is 0.240 e. The van der Waals surface area contributed by atoms with Crippen LogP contribution >= 0.6 is 0 Å². The van der Waals surface area contributed by atoms with E-state index >= 15 is 0 Å². The predicted octanol–water partition coefficient (Wildman–Crippen LogP) is 2.51. The molecule has 4 heteroatoms. The summed E-state index contributed by atoms with van der Waals surface area (Å²) >= 11 is 0. The van der Waals surface area contributed by atoms with Gasteiger partial charge in [-0.15, -0.1) is 0 Å². The van der Waals surface area contributed by atoms with Crippen LogP contribution < -0.4 is 0 Å². The lowest BCUT2D eigenvalue weighted by Crippen LogP contribution is -2.48. The highest BCUT2D eigenvalue weighted by Crippen LogP contribution is 2.40. The number of hydrogen-bond donors (Lipinski definition) is 0. The summed E-state index contributed by atoms with van der Waals surface area (Å²) in [7, 11) is 3.34. The molecule has 0 aromatic carbocycles. The minimum absolute atomic E-state index is 0.156. The number of allylic oxidation sites excluding steroid dienone is 2. The Morgan fingerprint density at radius 2 is 2.30 bits per heavy atom. The van der Waals surface area contributed by atoms with E-state index in [9.17, 15) is 4.79 Å². The molecule has 1 amide bonds. The fourth-order valence-electron chi connectivity index (χ4n) is 3.32. The van der Waals surface area contributed by atoms with E-state index in [-0.39, 0.29) is 11.9 Å². The molecule has 0 radical (unpaired) electrons. The summed E-state index contributed by atoms with van der Waals surface area (Å²) in [6.45, 7) is 3.47. The third-order valence-electron chi connectivity index (χ3n) is 4.44. The van der Waals surface area contributed by atoms with Gasteiger partial charge in [-0.1, -0.05) is 19.1 Å². The Kier molecular flexibility index (Phi) is 4.86. The molecule has 0 aromatic heterocycles. The minimum atomic E-state index is -0.622. The van der Waals surface area contributed by atoms with Crippen molar-refractivity contribution in [2.24, 2.45) is 5.41 Å². The molecule has 1 saturated heterocycles. The summed E-state index contributed by atoms with van der Waals surface area (Å²) in [6, 6.07) is 0.198. The maximum Gasteiger partial charge on any atom is 0.240 e. The van der Waals surface area contributed by atoms with Gasteiger partial charge in [0, 0.05) is 13.7 Å². The highest BCUT2D eigenvalue weighted by atomic mass is 16.5. The molecular weight excluding hydrogens is 254 g/mol. The minimum Gasteiger partial charge on any atom is -0.500 e. The lowest BCUT2D eigenvalue weighted by molar-refractivity contribution is -0.141. The monoisotopic (exact) mass is 279 g/mol. The lowest BCUT2D eigenvalue weighted by atomic mass is 9.78. The fourth-order valence-corrected chi connectivity index (χ4v) is 3.32. The molecule has 112 valence electrons. The molecule has 0 aromatic rings. The predicted molar refractivity (Wildman–Crippen MR) is 78.2 cm³/mol. The van der Waals surface area contributed by atoms with Crippen LogP contribution in [0.4, 0.5) is 0 Å². The molecule has 4 nitrogen and oxygen atoms in total. The SMILES string of the molecule is CC[C@]1(C(=O)N2CCC[C@H]2COC)C=CCC=C1OC. The highest BCUT2D eigenvalue weighted by Gasteiger charge is 2.45. The number of carbonyl (C=O) groups is 1. The number of ether oxygens (including phenoxy) is 2. The Bertz CT molecular complexity index is 416. The fraction of sp³-hybridized carbons (Fsp3) is 0.688. The average Bonchev–Trinajstić information content (AvgIpc) is 2.94. The molecule has 1 fully saturated rings.